The number of nitrogens with one attached hydrogen (secondary N) is 2. The van der Waals surface area contributed by atoms with E-state index in [4.69, 9.17) is 0 Å². The van der Waals surface area contributed by atoms with E-state index in [1.807, 2.05) is 38.5 Å². The number of aromatic nitrogens is 1. The number of benzene rings is 1. The van der Waals surface area contributed by atoms with Gasteiger partial charge in [0.05, 0.1) is 11.3 Å². The van der Waals surface area contributed by atoms with Gasteiger partial charge in [-0.3, -0.25) is 9.59 Å². The highest BCUT2D eigenvalue weighted by atomic mass is 79.9. The zero-order valence-corrected chi connectivity index (χ0v) is 15.9. The molecule has 1 aromatic carbocycles. The van der Waals surface area contributed by atoms with Gasteiger partial charge < -0.3 is 15.2 Å². The minimum Gasteiger partial charge on any atom is -0.347 e. The predicted octanol–water partition coefficient (Wildman–Crippen LogP) is 4.05. The Hall–Kier alpha value is -2.08. The van der Waals surface area contributed by atoms with Crippen molar-refractivity contribution in [3.05, 3.63) is 52.3 Å². The Morgan fingerprint density at radius 3 is 2.46 bits per heavy atom. The van der Waals surface area contributed by atoms with Crippen LogP contribution in [0.5, 0.6) is 0 Å². The molecule has 2 N–H and O–H groups in total. The first-order chi connectivity index (χ1) is 11.2. The Labute approximate surface area is 150 Å². The van der Waals surface area contributed by atoms with Crippen LogP contribution in [0.15, 0.2) is 41.0 Å². The molecule has 0 radical (unpaired) electrons. The van der Waals surface area contributed by atoms with Gasteiger partial charge in [-0.2, -0.15) is 0 Å². The molecule has 0 aliphatic carbocycles. The molecule has 0 aliphatic heterocycles. The van der Waals surface area contributed by atoms with Gasteiger partial charge in [0.1, 0.15) is 5.69 Å². The zero-order chi connectivity index (χ0) is 17.9. The van der Waals surface area contributed by atoms with E-state index in [1.165, 1.54) is 0 Å². The van der Waals surface area contributed by atoms with Gasteiger partial charge in [0.2, 0.25) is 0 Å². The number of anilines is 1. The summed E-state index contributed by atoms with van der Waals surface area (Å²) in [6.07, 6.45) is 1.85. The van der Waals surface area contributed by atoms with Crippen molar-refractivity contribution >= 4 is 33.4 Å². The highest BCUT2D eigenvalue weighted by Gasteiger charge is 2.20. The van der Waals surface area contributed by atoms with E-state index in [2.05, 4.69) is 26.6 Å². The number of para-hydroxylation sites is 1. The van der Waals surface area contributed by atoms with Crippen molar-refractivity contribution in [2.75, 3.05) is 5.32 Å². The smallest absolute Gasteiger partial charge is 0.272 e. The van der Waals surface area contributed by atoms with Crippen LogP contribution in [0.4, 0.5) is 5.69 Å². The van der Waals surface area contributed by atoms with Crippen LogP contribution in [0.1, 0.15) is 48.5 Å². The lowest BCUT2D eigenvalue weighted by atomic mass is 10.1. The Bertz CT molecular complexity index is 760. The van der Waals surface area contributed by atoms with E-state index in [-0.39, 0.29) is 17.4 Å². The highest BCUT2D eigenvalue weighted by molar-refractivity contribution is 9.10. The van der Waals surface area contributed by atoms with Crippen LogP contribution in [0.3, 0.4) is 0 Å². The molecule has 0 spiro atoms. The molecule has 5 nitrogen and oxygen atoms in total. The molecule has 1 heterocycles. The Kier molecular flexibility index (Phi) is 5.49. The van der Waals surface area contributed by atoms with E-state index in [0.29, 0.717) is 23.5 Å². The van der Waals surface area contributed by atoms with E-state index >= 15 is 0 Å². The summed E-state index contributed by atoms with van der Waals surface area (Å²) in [4.78, 5) is 25.0. The summed E-state index contributed by atoms with van der Waals surface area (Å²) in [6, 6.07) is 8.75. The Morgan fingerprint density at radius 2 is 1.83 bits per heavy atom. The lowest BCUT2D eigenvalue weighted by molar-refractivity contribution is 0.0920. The van der Waals surface area contributed by atoms with Crippen LogP contribution in [0, 0.1) is 0 Å². The van der Waals surface area contributed by atoms with Crippen molar-refractivity contribution in [1.29, 1.82) is 0 Å². The summed E-state index contributed by atoms with van der Waals surface area (Å²) in [6.45, 7) is 8.39. The summed E-state index contributed by atoms with van der Waals surface area (Å²) in [7, 11) is 0. The number of rotatable bonds is 4. The standard InChI is InChI=1S/C18H22BrN3O2/c1-5-22-11-12(19)10-15(22)17(24)20-14-9-7-6-8-13(14)16(23)21-18(2,3)4/h6-11H,5H2,1-4H3,(H,20,24)(H,21,23). The van der Waals surface area contributed by atoms with Crippen molar-refractivity contribution in [1.82, 2.24) is 9.88 Å². The monoisotopic (exact) mass is 391 g/mol. The van der Waals surface area contributed by atoms with Crippen molar-refractivity contribution in [3.63, 3.8) is 0 Å². The van der Waals surface area contributed by atoms with Crippen LogP contribution in [0.2, 0.25) is 0 Å². The van der Waals surface area contributed by atoms with Crippen LogP contribution in [-0.2, 0) is 6.54 Å². The van der Waals surface area contributed by atoms with Gasteiger partial charge in [-0.05, 0) is 61.8 Å². The van der Waals surface area contributed by atoms with E-state index in [9.17, 15) is 9.59 Å². The molecule has 2 aromatic rings. The van der Waals surface area contributed by atoms with Crippen LogP contribution >= 0.6 is 15.9 Å². The third kappa shape index (κ3) is 4.47. The molecule has 0 fully saturated rings. The minimum atomic E-state index is -0.351. The summed E-state index contributed by atoms with van der Waals surface area (Å²) in [5.74, 6) is -0.469. The van der Waals surface area contributed by atoms with Gasteiger partial charge in [0, 0.05) is 22.8 Å². The summed E-state index contributed by atoms with van der Waals surface area (Å²) < 4.78 is 2.69. The predicted molar refractivity (Wildman–Crippen MR) is 99.4 cm³/mol. The van der Waals surface area contributed by atoms with Gasteiger partial charge in [-0.1, -0.05) is 12.1 Å². The van der Waals surface area contributed by atoms with E-state index in [0.717, 1.165) is 4.47 Å². The van der Waals surface area contributed by atoms with Crippen molar-refractivity contribution in [2.45, 2.75) is 39.8 Å². The normalized spacial score (nSPS) is 11.2. The number of amides is 2. The fourth-order valence-corrected chi connectivity index (χ4v) is 2.78. The van der Waals surface area contributed by atoms with E-state index in [1.54, 1.807) is 30.3 Å². The first kappa shape index (κ1) is 18.3. The first-order valence-electron chi connectivity index (χ1n) is 7.80. The number of hydrogen-bond donors (Lipinski definition) is 2. The number of nitrogens with zero attached hydrogens (tertiary/aromatic N) is 1. The maximum Gasteiger partial charge on any atom is 0.272 e. The van der Waals surface area contributed by atoms with Gasteiger partial charge in [-0.15, -0.1) is 0 Å². The molecule has 128 valence electrons. The fraction of sp³-hybridized carbons (Fsp3) is 0.333. The van der Waals surface area contributed by atoms with E-state index < -0.39 is 0 Å². The number of aryl methyl sites for hydroxylation is 1. The van der Waals surface area contributed by atoms with Crippen molar-refractivity contribution in [2.24, 2.45) is 0 Å². The molecular weight excluding hydrogens is 370 g/mol. The fourth-order valence-electron chi connectivity index (χ4n) is 2.31. The molecule has 0 unspecified atom stereocenters. The molecule has 2 rings (SSSR count). The van der Waals surface area contributed by atoms with Gasteiger partial charge >= 0.3 is 0 Å². The summed E-state index contributed by atoms with van der Waals surface area (Å²) in [5, 5.41) is 5.75. The van der Waals surface area contributed by atoms with Crippen LogP contribution < -0.4 is 10.6 Å². The topological polar surface area (TPSA) is 63.1 Å². The summed E-state index contributed by atoms with van der Waals surface area (Å²) >= 11 is 3.38. The quantitative estimate of drug-likeness (QED) is 0.825. The minimum absolute atomic E-state index is 0.217. The first-order valence-corrected chi connectivity index (χ1v) is 8.59. The SMILES string of the molecule is CCn1cc(Br)cc1C(=O)Nc1ccccc1C(=O)NC(C)(C)C. The Balaban J connectivity index is 2.27. The third-order valence-electron chi connectivity index (χ3n) is 3.34. The van der Waals surface area contributed by atoms with Crippen LogP contribution in [0.25, 0.3) is 0 Å². The second kappa shape index (κ2) is 7.21. The molecular formula is C18H22BrN3O2. The second-order valence-electron chi connectivity index (χ2n) is 6.53. The molecule has 0 bridgehead atoms. The molecule has 1 aromatic heterocycles. The molecule has 0 atom stereocenters. The van der Waals surface area contributed by atoms with Gasteiger partial charge in [-0.25, -0.2) is 0 Å². The number of carbonyl (C=O) groups excluding carboxylic acids is 2. The zero-order valence-electron chi connectivity index (χ0n) is 14.3. The maximum absolute atomic E-state index is 12.6. The largest absolute Gasteiger partial charge is 0.347 e. The number of carbonyl (C=O) groups is 2. The molecule has 2 amide bonds. The molecule has 0 saturated heterocycles. The molecule has 0 saturated carbocycles. The number of hydrogen-bond acceptors (Lipinski definition) is 2. The van der Waals surface area contributed by atoms with Crippen molar-refractivity contribution < 1.29 is 9.59 Å². The highest BCUT2D eigenvalue weighted by Crippen LogP contribution is 2.20. The lowest BCUT2D eigenvalue weighted by Crippen LogP contribution is -2.40. The molecule has 0 aliphatic rings. The third-order valence-corrected chi connectivity index (χ3v) is 3.78. The molecule has 6 heteroatoms. The lowest BCUT2D eigenvalue weighted by Gasteiger charge is -2.21. The average Bonchev–Trinajstić information content (AvgIpc) is 2.87. The average molecular weight is 392 g/mol. The van der Waals surface area contributed by atoms with Gasteiger partial charge in [0.25, 0.3) is 11.8 Å². The van der Waals surface area contributed by atoms with Gasteiger partial charge in [0.15, 0.2) is 0 Å². The Morgan fingerprint density at radius 1 is 1.17 bits per heavy atom. The van der Waals surface area contributed by atoms with Crippen LogP contribution in [-0.4, -0.2) is 21.9 Å². The second-order valence-corrected chi connectivity index (χ2v) is 7.45. The van der Waals surface area contributed by atoms with Crippen molar-refractivity contribution in [3.8, 4) is 0 Å². The molecule has 24 heavy (non-hydrogen) atoms. The number of halogens is 1. The maximum atomic E-state index is 12.6. The summed E-state index contributed by atoms with van der Waals surface area (Å²) in [5.41, 5.74) is 1.12.